The minimum atomic E-state index is -3.68. The van der Waals surface area contributed by atoms with E-state index in [9.17, 15) is 8.42 Å². The normalized spacial score (nSPS) is 11.2. The summed E-state index contributed by atoms with van der Waals surface area (Å²) in [5.41, 5.74) is 1.05. The smallest absolute Gasteiger partial charge is 0.238 e. The van der Waals surface area contributed by atoms with Crippen LogP contribution in [0.3, 0.4) is 0 Å². The summed E-state index contributed by atoms with van der Waals surface area (Å²) in [6.45, 7) is 2.58. The van der Waals surface area contributed by atoms with Crippen LogP contribution >= 0.6 is 11.6 Å². The zero-order chi connectivity index (χ0) is 16.2. The van der Waals surface area contributed by atoms with E-state index in [1.165, 1.54) is 12.1 Å². The SMILES string of the molecule is Cc1ccc(Cl)c(OCCOc2ccc(S(N)(=O)=O)cc2)c1. The molecule has 2 aromatic carbocycles. The molecule has 0 aliphatic heterocycles. The van der Waals surface area contributed by atoms with Crippen molar-refractivity contribution in [2.75, 3.05) is 13.2 Å². The summed E-state index contributed by atoms with van der Waals surface area (Å²) in [4.78, 5) is 0.0441. The Morgan fingerprint density at radius 2 is 1.68 bits per heavy atom. The average Bonchev–Trinajstić information content (AvgIpc) is 2.46. The zero-order valence-corrected chi connectivity index (χ0v) is 13.5. The van der Waals surface area contributed by atoms with Gasteiger partial charge in [-0.3, -0.25) is 0 Å². The second-order valence-corrected chi connectivity index (χ2v) is 6.62. The number of ether oxygens (including phenoxy) is 2. The van der Waals surface area contributed by atoms with Gasteiger partial charge >= 0.3 is 0 Å². The highest BCUT2D eigenvalue weighted by Crippen LogP contribution is 2.25. The Labute approximate surface area is 134 Å². The first-order valence-electron chi connectivity index (χ1n) is 6.51. The van der Waals surface area contributed by atoms with Gasteiger partial charge in [-0.1, -0.05) is 17.7 Å². The Balaban J connectivity index is 1.85. The quantitative estimate of drug-likeness (QED) is 0.819. The van der Waals surface area contributed by atoms with Crippen molar-refractivity contribution in [1.29, 1.82) is 0 Å². The molecule has 0 bridgehead atoms. The minimum Gasteiger partial charge on any atom is -0.490 e. The van der Waals surface area contributed by atoms with Crippen LogP contribution in [0, 0.1) is 6.92 Å². The van der Waals surface area contributed by atoms with Gasteiger partial charge in [-0.2, -0.15) is 0 Å². The summed E-state index contributed by atoms with van der Waals surface area (Å²) in [6.07, 6.45) is 0. The molecule has 7 heteroatoms. The Morgan fingerprint density at radius 1 is 1.05 bits per heavy atom. The largest absolute Gasteiger partial charge is 0.490 e. The van der Waals surface area contributed by atoms with Crippen LogP contribution in [-0.2, 0) is 10.0 Å². The van der Waals surface area contributed by atoms with Crippen molar-refractivity contribution in [3.05, 3.63) is 53.1 Å². The van der Waals surface area contributed by atoms with E-state index >= 15 is 0 Å². The lowest BCUT2D eigenvalue weighted by molar-refractivity contribution is 0.217. The molecule has 0 spiro atoms. The second-order valence-electron chi connectivity index (χ2n) is 4.65. The molecule has 0 aliphatic rings. The fourth-order valence-electron chi connectivity index (χ4n) is 1.76. The molecule has 2 aromatic rings. The van der Waals surface area contributed by atoms with Gasteiger partial charge in [0.15, 0.2) is 0 Å². The molecule has 0 fully saturated rings. The number of benzene rings is 2. The molecule has 0 atom stereocenters. The van der Waals surface area contributed by atoms with E-state index in [-0.39, 0.29) is 4.90 Å². The third kappa shape index (κ3) is 4.62. The molecule has 0 unspecified atom stereocenters. The predicted molar refractivity (Wildman–Crippen MR) is 85.0 cm³/mol. The Hall–Kier alpha value is -1.76. The monoisotopic (exact) mass is 341 g/mol. The van der Waals surface area contributed by atoms with E-state index in [1.54, 1.807) is 18.2 Å². The molecule has 2 rings (SSSR count). The van der Waals surface area contributed by atoms with Crippen LogP contribution in [0.25, 0.3) is 0 Å². The fraction of sp³-hybridized carbons (Fsp3) is 0.200. The van der Waals surface area contributed by atoms with Crippen LogP contribution in [0.4, 0.5) is 0 Å². The van der Waals surface area contributed by atoms with Crippen LogP contribution in [0.15, 0.2) is 47.4 Å². The van der Waals surface area contributed by atoms with Crippen LogP contribution in [0.5, 0.6) is 11.5 Å². The number of hydrogen-bond acceptors (Lipinski definition) is 4. The van der Waals surface area contributed by atoms with Crippen molar-refractivity contribution in [2.24, 2.45) is 5.14 Å². The molecule has 5 nitrogen and oxygen atoms in total. The third-order valence-corrected chi connectivity index (χ3v) is 4.09. The molecule has 118 valence electrons. The van der Waals surface area contributed by atoms with Gasteiger partial charge in [0, 0.05) is 0 Å². The van der Waals surface area contributed by atoms with Crippen molar-refractivity contribution in [3.63, 3.8) is 0 Å². The first kappa shape index (κ1) is 16.6. The molecule has 2 N–H and O–H groups in total. The standard InChI is InChI=1S/C15H16ClNO4S/c1-11-2-7-14(16)15(10-11)21-9-8-20-12-3-5-13(6-4-12)22(17,18)19/h2-7,10H,8-9H2,1H3,(H2,17,18,19). The fourth-order valence-corrected chi connectivity index (χ4v) is 2.45. The van der Waals surface area contributed by atoms with Crippen molar-refractivity contribution in [1.82, 2.24) is 0 Å². The van der Waals surface area contributed by atoms with Crippen molar-refractivity contribution in [3.8, 4) is 11.5 Å². The summed E-state index contributed by atoms with van der Waals surface area (Å²) < 4.78 is 33.3. The number of primary sulfonamides is 1. The maximum absolute atomic E-state index is 11.1. The van der Waals surface area contributed by atoms with E-state index in [4.69, 9.17) is 26.2 Å². The van der Waals surface area contributed by atoms with Crippen LogP contribution in [-0.4, -0.2) is 21.6 Å². The molecule has 22 heavy (non-hydrogen) atoms. The van der Waals surface area contributed by atoms with Gasteiger partial charge in [0.1, 0.15) is 24.7 Å². The minimum absolute atomic E-state index is 0.0441. The van der Waals surface area contributed by atoms with Gasteiger partial charge in [0.05, 0.1) is 9.92 Å². The number of sulfonamides is 1. The van der Waals surface area contributed by atoms with Crippen LogP contribution < -0.4 is 14.6 Å². The van der Waals surface area contributed by atoms with Crippen molar-refractivity contribution in [2.45, 2.75) is 11.8 Å². The molecule has 0 aromatic heterocycles. The highest BCUT2D eigenvalue weighted by molar-refractivity contribution is 7.89. The highest BCUT2D eigenvalue weighted by Gasteiger charge is 2.07. The molecule has 0 radical (unpaired) electrons. The number of hydrogen-bond donors (Lipinski definition) is 1. The van der Waals surface area contributed by atoms with Gasteiger partial charge in [-0.25, -0.2) is 13.6 Å². The Bertz CT molecular complexity index is 745. The number of halogens is 1. The number of rotatable bonds is 6. The van der Waals surface area contributed by atoms with Gasteiger partial charge in [0.2, 0.25) is 10.0 Å². The molecule has 0 saturated carbocycles. The summed E-state index contributed by atoms with van der Waals surface area (Å²) in [5.74, 6) is 1.14. The van der Waals surface area contributed by atoms with Gasteiger partial charge in [-0.05, 0) is 48.9 Å². The third-order valence-electron chi connectivity index (χ3n) is 2.85. The van der Waals surface area contributed by atoms with E-state index in [0.29, 0.717) is 29.7 Å². The lowest BCUT2D eigenvalue weighted by Gasteiger charge is -2.10. The lowest BCUT2D eigenvalue weighted by Crippen LogP contribution is -2.12. The van der Waals surface area contributed by atoms with E-state index in [1.807, 2.05) is 19.1 Å². The Morgan fingerprint density at radius 3 is 2.32 bits per heavy atom. The van der Waals surface area contributed by atoms with E-state index < -0.39 is 10.0 Å². The molecule has 0 heterocycles. The van der Waals surface area contributed by atoms with E-state index in [2.05, 4.69) is 0 Å². The highest BCUT2D eigenvalue weighted by atomic mass is 35.5. The van der Waals surface area contributed by atoms with Gasteiger partial charge in [-0.15, -0.1) is 0 Å². The first-order valence-corrected chi connectivity index (χ1v) is 8.43. The Kier molecular flexibility index (Phi) is 5.28. The predicted octanol–water partition coefficient (Wildman–Crippen LogP) is 2.75. The summed E-state index contributed by atoms with van der Waals surface area (Å²) in [6, 6.07) is 11.4. The number of aryl methyl sites for hydroxylation is 1. The molecule has 0 amide bonds. The maximum Gasteiger partial charge on any atom is 0.238 e. The molecule has 0 saturated heterocycles. The first-order chi connectivity index (χ1) is 10.4. The van der Waals surface area contributed by atoms with Crippen LogP contribution in [0.2, 0.25) is 5.02 Å². The summed E-state index contributed by atoms with van der Waals surface area (Å²) in [5, 5.41) is 5.56. The molecular formula is C15H16ClNO4S. The summed E-state index contributed by atoms with van der Waals surface area (Å²) in [7, 11) is -3.68. The average molecular weight is 342 g/mol. The van der Waals surface area contributed by atoms with Gasteiger partial charge in [0.25, 0.3) is 0 Å². The van der Waals surface area contributed by atoms with Crippen molar-refractivity contribution < 1.29 is 17.9 Å². The molecule has 0 aliphatic carbocycles. The van der Waals surface area contributed by atoms with E-state index in [0.717, 1.165) is 5.56 Å². The maximum atomic E-state index is 11.1. The topological polar surface area (TPSA) is 78.6 Å². The van der Waals surface area contributed by atoms with Gasteiger partial charge < -0.3 is 9.47 Å². The van der Waals surface area contributed by atoms with Crippen LogP contribution in [0.1, 0.15) is 5.56 Å². The number of nitrogens with two attached hydrogens (primary N) is 1. The lowest BCUT2D eigenvalue weighted by atomic mass is 10.2. The second kappa shape index (κ2) is 7.00. The van der Waals surface area contributed by atoms with Crippen molar-refractivity contribution >= 4 is 21.6 Å². The zero-order valence-electron chi connectivity index (χ0n) is 12.0. The molecular weight excluding hydrogens is 326 g/mol. The summed E-state index contributed by atoms with van der Waals surface area (Å²) >= 11 is 6.02.